The smallest absolute Gasteiger partial charge is 0.309 e. The highest BCUT2D eigenvalue weighted by molar-refractivity contribution is 5.74. The van der Waals surface area contributed by atoms with Gasteiger partial charge in [-0.25, -0.2) is 9.97 Å². The van der Waals surface area contributed by atoms with Gasteiger partial charge in [0.1, 0.15) is 12.1 Å². The maximum atomic E-state index is 11.4. The highest BCUT2D eigenvalue weighted by Gasteiger charge is 2.39. The number of hydrogen-bond acceptors (Lipinski definition) is 5. The quantitative estimate of drug-likeness (QED) is 0.906. The van der Waals surface area contributed by atoms with Crippen LogP contribution in [0.25, 0.3) is 0 Å². The van der Waals surface area contributed by atoms with Crippen LogP contribution in [0.15, 0.2) is 12.4 Å². The van der Waals surface area contributed by atoms with Crippen molar-refractivity contribution in [3.63, 3.8) is 0 Å². The van der Waals surface area contributed by atoms with E-state index in [1.807, 2.05) is 0 Å². The minimum atomic E-state index is -0.746. The molecule has 0 aromatic carbocycles. The van der Waals surface area contributed by atoms with E-state index in [4.69, 9.17) is 4.74 Å². The second kappa shape index (κ2) is 5.64. The summed E-state index contributed by atoms with van der Waals surface area (Å²) in [7, 11) is 1.57. The van der Waals surface area contributed by atoms with Crippen LogP contribution >= 0.6 is 0 Å². The Morgan fingerprint density at radius 1 is 1.50 bits per heavy atom. The SMILES string of the molecule is COc1cc(N2CCCC(C(C)(C)C(=O)O)C2)ncn1. The third kappa shape index (κ3) is 2.84. The van der Waals surface area contributed by atoms with Crippen molar-refractivity contribution in [2.24, 2.45) is 11.3 Å². The van der Waals surface area contributed by atoms with Crippen molar-refractivity contribution in [3.05, 3.63) is 12.4 Å². The van der Waals surface area contributed by atoms with Crippen LogP contribution in [0.2, 0.25) is 0 Å². The molecule has 0 aliphatic carbocycles. The zero-order valence-electron chi connectivity index (χ0n) is 12.2. The highest BCUT2D eigenvalue weighted by Crippen LogP contribution is 2.35. The summed E-state index contributed by atoms with van der Waals surface area (Å²) in [4.78, 5) is 21.8. The molecule has 0 amide bonds. The lowest BCUT2D eigenvalue weighted by Gasteiger charge is -2.39. The number of carboxylic acids is 1. The van der Waals surface area contributed by atoms with E-state index in [1.54, 1.807) is 27.0 Å². The van der Waals surface area contributed by atoms with Crippen LogP contribution < -0.4 is 9.64 Å². The van der Waals surface area contributed by atoms with Crippen molar-refractivity contribution in [3.8, 4) is 5.88 Å². The first-order valence-corrected chi connectivity index (χ1v) is 6.79. The van der Waals surface area contributed by atoms with E-state index in [1.165, 1.54) is 6.33 Å². The average Bonchev–Trinajstić information content (AvgIpc) is 2.47. The fourth-order valence-electron chi connectivity index (χ4n) is 2.56. The third-order valence-electron chi connectivity index (χ3n) is 4.15. The molecular weight excluding hydrogens is 258 g/mol. The summed E-state index contributed by atoms with van der Waals surface area (Å²) >= 11 is 0. The fourth-order valence-corrected chi connectivity index (χ4v) is 2.56. The summed E-state index contributed by atoms with van der Waals surface area (Å²) in [6.07, 6.45) is 3.37. The number of carboxylic acid groups (broad SMARTS) is 1. The summed E-state index contributed by atoms with van der Waals surface area (Å²) in [6, 6.07) is 1.79. The molecule has 1 N–H and O–H groups in total. The van der Waals surface area contributed by atoms with E-state index in [9.17, 15) is 9.90 Å². The lowest BCUT2D eigenvalue weighted by atomic mass is 9.74. The first-order chi connectivity index (χ1) is 9.45. The summed E-state index contributed by atoms with van der Waals surface area (Å²) in [5.74, 6) is 0.677. The highest BCUT2D eigenvalue weighted by atomic mass is 16.5. The van der Waals surface area contributed by atoms with E-state index < -0.39 is 11.4 Å². The number of aliphatic carboxylic acids is 1. The lowest BCUT2D eigenvalue weighted by molar-refractivity contribution is -0.150. The third-order valence-corrected chi connectivity index (χ3v) is 4.15. The summed E-state index contributed by atoms with van der Waals surface area (Å²) < 4.78 is 5.11. The van der Waals surface area contributed by atoms with E-state index >= 15 is 0 Å². The van der Waals surface area contributed by atoms with E-state index in [2.05, 4.69) is 14.9 Å². The first kappa shape index (κ1) is 14.6. The van der Waals surface area contributed by atoms with Crippen molar-refractivity contribution in [1.82, 2.24) is 9.97 Å². The number of hydrogen-bond donors (Lipinski definition) is 1. The number of anilines is 1. The van der Waals surface area contributed by atoms with Crippen LogP contribution in [0, 0.1) is 11.3 Å². The summed E-state index contributed by atoms with van der Waals surface area (Å²) in [5.41, 5.74) is -0.726. The van der Waals surface area contributed by atoms with Crippen LogP contribution in [0.5, 0.6) is 5.88 Å². The minimum absolute atomic E-state index is 0.106. The molecule has 1 atom stereocenters. The Labute approximate surface area is 118 Å². The standard InChI is InChI=1S/C14H21N3O3/c1-14(2,13(18)19)10-5-4-6-17(8-10)11-7-12(20-3)16-9-15-11/h7,9-10H,4-6,8H2,1-3H3,(H,18,19). The Hall–Kier alpha value is -1.85. The van der Waals surface area contributed by atoms with Crippen LogP contribution in [0.3, 0.4) is 0 Å². The molecule has 1 fully saturated rings. The molecule has 6 heteroatoms. The molecule has 0 bridgehead atoms. The predicted molar refractivity (Wildman–Crippen MR) is 74.9 cm³/mol. The first-order valence-electron chi connectivity index (χ1n) is 6.79. The second-order valence-corrected chi connectivity index (χ2v) is 5.73. The van der Waals surface area contributed by atoms with Crippen molar-refractivity contribution in [2.75, 3.05) is 25.1 Å². The van der Waals surface area contributed by atoms with Gasteiger partial charge in [0.05, 0.1) is 12.5 Å². The van der Waals surface area contributed by atoms with Gasteiger partial charge in [-0.3, -0.25) is 4.79 Å². The Morgan fingerprint density at radius 2 is 2.25 bits per heavy atom. The molecule has 6 nitrogen and oxygen atoms in total. The molecule has 2 heterocycles. The Kier molecular flexibility index (Phi) is 4.11. The minimum Gasteiger partial charge on any atom is -0.481 e. The fraction of sp³-hybridized carbons (Fsp3) is 0.643. The monoisotopic (exact) mass is 279 g/mol. The van der Waals surface area contributed by atoms with Crippen LogP contribution in [0.4, 0.5) is 5.82 Å². The van der Waals surface area contributed by atoms with Gasteiger partial charge in [-0.1, -0.05) is 0 Å². The summed E-state index contributed by atoms with van der Waals surface area (Å²) in [6.45, 7) is 5.17. The molecule has 110 valence electrons. The number of ether oxygens (including phenoxy) is 1. The molecule has 1 aliphatic heterocycles. The van der Waals surface area contributed by atoms with Gasteiger partial charge in [-0.15, -0.1) is 0 Å². The van der Waals surface area contributed by atoms with E-state index in [0.29, 0.717) is 12.4 Å². The average molecular weight is 279 g/mol. The Morgan fingerprint density at radius 3 is 2.90 bits per heavy atom. The normalized spacial score (nSPS) is 19.8. The molecule has 0 radical (unpaired) electrons. The zero-order valence-corrected chi connectivity index (χ0v) is 12.2. The molecule has 1 aliphatic rings. The number of piperidine rings is 1. The van der Waals surface area contributed by atoms with Crippen molar-refractivity contribution in [1.29, 1.82) is 0 Å². The molecule has 1 saturated heterocycles. The topological polar surface area (TPSA) is 75.5 Å². The van der Waals surface area contributed by atoms with Crippen molar-refractivity contribution >= 4 is 11.8 Å². The van der Waals surface area contributed by atoms with Gasteiger partial charge in [-0.05, 0) is 32.6 Å². The maximum Gasteiger partial charge on any atom is 0.309 e. The van der Waals surface area contributed by atoms with Gasteiger partial charge in [0.2, 0.25) is 5.88 Å². The number of aromatic nitrogens is 2. The number of carbonyl (C=O) groups is 1. The molecule has 0 spiro atoms. The molecule has 0 saturated carbocycles. The largest absolute Gasteiger partial charge is 0.481 e. The van der Waals surface area contributed by atoms with Crippen molar-refractivity contribution < 1.29 is 14.6 Å². The predicted octanol–water partition coefficient (Wildman–Crippen LogP) is 1.81. The van der Waals surface area contributed by atoms with Gasteiger partial charge in [0.15, 0.2) is 0 Å². The summed E-state index contributed by atoms with van der Waals surface area (Å²) in [5, 5.41) is 9.37. The van der Waals surface area contributed by atoms with E-state index in [0.717, 1.165) is 25.2 Å². The van der Waals surface area contributed by atoms with Crippen LogP contribution in [-0.2, 0) is 4.79 Å². The van der Waals surface area contributed by atoms with Gasteiger partial charge in [0.25, 0.3) is 0 Å². The molecule has 20 heavy (non-hydrogen) atoms. The Bertz CT molecular complexity index is 490. The molecule has 1 aromatic rings. The molecule has 1 unspecified atom stereocenters. The zero-order chi connectivity index (χ0) is 14.8. The van der Waals surface area contributed by atoms with Gasteiger partial charge < -0.3 is 14.7 Å². The number of methoxy groups -OCH3 is 1. The van der Waals surface area contributed by atoms with Crippen LogP contribution in [0.1, 0.15) is 26.7 Å². The van der Waals surface area contributed by atoms with Crippen LogP contribution in [-0.4, -0.2) is 41.2 Å². The van der Waals surface area contributed by atoms with Gasteiger partial charge >= 0.3 is 5.97 Å². The van der Waals surface area contributed by atoms with Gasteiger partial charge in [-0.2, -0.15) is 0 Å². The van der Waals surface area contributed by atoms with Crippen molar-refractivity contribution in [2.45, 2.75) is 26.7 Å². The lowest BCUT2D eigenvalue weighted by Crippen LogP contribution is -2.45. The van der Waals surface area contributed by atoms with Gasteiger partial charge in [0, 0.05) is 19.2 Å². The molecule has 2 rings (SSSR count). The molecule has 1 aromatic heterocycles. The second-order valence-electron chi connectivity index (χ2n) is 5.73. The number of rotatable bonds is 4. The molecular formula is C14H21N3O3. The maximum absolute atomic E-state index is 11.4. The number of nitrogens with zero attached hydrogens (tertiary/aromatic N) is 3. The van der Waals surface area contributed by atoms with E-state index in [-0.39, 0.29) is 5.92 Å². The Balaban J connectivity index is 2.16.